The molecule has 0 fully saturated rings. The first kappa shape index (κ1) is 16.1. The van der Waals surface area contributed by atoms with Crippen LogP contribution >= 0.6 is 0 Å². The third-order valence-electron chi connectivity index (χ3n) is 3.55. The van der Waals surface area contributed by atoms with Crippen molar-refractivity contribution in [3.8, 4) is 5.75 Å². The van der Waals surface area contributed by atoms with E-state index in [2.05, 4.69) is 0 Å². The lowest BCUT2D eigenvalue weighted by Crippen LogP contribution is -2.33. The van der Waals surface area contributed by atoms with Crippen LogP contribution in [0.2, 0.25) is 0 Å². The van der Waals surface area contributed by atoms with E-state index < -0.39 is 10.0 Å². The summed E-state index contributed by atoms with van der Waals surface area (Å²) in [6, 6.07) is 3.34. The highest BCUT2D eigenvalue weighted by molar-refractivity contribution is 7.89. The highest BCUT2D eigenvalue weighted by atomic mass is 32.2. The Morgan fingerprint density at radius 2 is 1.90 bits per heavy atom. The van der Waals surface area contributed by atoms with E-state index >= 15 is 0 Å². The van der Waals surface area contributed by atoms with Gasteiger partial charge in [-0.15, -0.1) is 0 Å². The van der Waals surface area contributed by atoms with Crippen molar-refractivity contribution in [1.82, 2.24) is 4.31 Å². The normalized spacial score (nSPS) is 14.8. The molecule has 0 atom stereocenters. The molecule has 1 aliphatic heterocycles. The molecule has 0 amide bonds. The average Bonchev–Trinajstić information content (AvgIpc) is 2.46. The lowest BCUT2D eigenvalue weighted by molar-refractivity contribution is 0.279. The smallest absolute Gasteiger partial charge is 0.246 e. The number of benzene rings is 1. The maximum atomic E-state index is 12.9. The predicted molar refractivity (Wildman–Crippen MR) is 84.0 cm³/mol. The van der Waals surface area contributed by atoms with Crippen molar-refractivity contribution < 1.29 is 13.2 Å². The zero-order chi connectivity index (χ0) is 15.5. The van der Waals surface area contributed by atoms with Crippen molar-refractivity contribution in [1.29, 1.82) is 0 Å². The fourth-order valence-corrected chi connectivity index (χ4v) is 4.48. The zero-order valence-electron chi connectivity index (χ0n) is 12.8. The molecule has 0 radical (unpaired) electrons. The molecule has 5 nitrogen and oxygen atoms in total. The number of ether oxygens (including phenoxy) is 1. The molecule has 2 N–H and O–H groups in total. The van der Waals surface area contributed by atoms with Gasteiger partial charge in [0.1, 0.15) is 10.6 Å². The number of rotatable bonds is 6. The van der Waals surface area contributed by atoms with E-state index in [1.54, 1.807) is 0 Å². The van der Waals surface area contributed by atoms with Crippen molar-refractivity contribution in [2.24, 2.45) is 0 Å². The van der Waals surface area contributed by atoms with E-state index in [0.717, 1.165) is 31.2 Å². The number of anilines is 1. The standard InChI is InChI=1S/C15H24N2O3S/c1-3-7-17(8-4-2)21(18,19)14-11-13(16)10-12-6-5-9-20-15(12)14/h10-11H,3-9,16H2,1-2H3. The van der Waals surface area contributed by atoms with Gasteiger partial charge in [0.2, 0.25) is 10.0 Å². The van der Waals surface area contributed by atoms with Gasteiger partial charge in [-0.05, 0) is 43.4 Å². The number of sulfonamides is 1. The van der Waals surface area contributed by atoms with Crippen LogP contribution in [0.1, 0.15) is 38.7 Å². The Morgan fingerprint density at radius 3 is 2.52 bits per heavy atom. The molecule has 6 heteroatoms. The Morgan fingerprint density at radius 1 is 1.24 bits per heavy atom. The molecule has 1 heterocycles. The molecule has 118 valence electrons. The summed E-state index contributed by atoms with van der Waals surface area (Å²) >= 11 is 0. The Balaban J connectivity index is 2.50. The van der Waals surface area contributed by atoms with E-state index in [-0.39, 0.29) is 4.90 Å². The lowest BCUT2D eigenvalue weighted by Gasteiger charge is -2.25. The van der Waals surface area contributed by atoms with E-state index in [1.165, 1.54) is 10.4 Å². The van der Waals surface area contributed by atoms with Crippen molar-refractivity contribution in [3.05, 3.63) is 17.7 Å². The van der Waals surface area contributed by atoms with Gasteiger partial charge in [-0.3, -0.25) is 0 Å². The van der Waals surface area contributed by atoms with Gasteiger partial charge in [-0.2, -0.15) is 4.31 Å². The summed E-state index contributed by atoms with van der Waals surface area (Å²) in [5, 5.41) is 0. The van der Waals surface area contributed by atoms with Crippen molar-refractivity contribution in [3.63, 3.8) is 0 Å². The van der Waals surface area contributed by atoms with Crippen molar-refractivity contribution in [2.75, 3.05) is 25.4 Å². The maximum absolute atomic E-state index is 12.9. The summed E-state index contributed by atoms with van der Waals surface area (Å²) in [5.74, 6) is 0.493. The Bertz CT molecular complexity index is 593. The molecule has 0 saturated heterocycles. The largest absolute Gasteiger partial charge is 0.492 e. The molecule has 0 spiro atoms. The summed E-state index contributed by atoms with van der Waals surface area (Å²) in [5.41, 5.74) is 7.26. The first-order valence-corrected chi connectivity index (χ1v) is 9.00. The van der Waals surface area contributed by atoms with Gasteiger partial charge in [0.25, 0.3) is 0 Å². The molecule has 2 rings (SSSR count). The van der Waals surface area contributed by atoms with Gasteiger partial charge >= 0.3 is 0 Å². The van der Waals surface area contributed by atoms with Crippen LogP contribution in [0.3, 0.4) is 0 Å². The SMILES string of the molecule is CCCN(CCC)S(=O)(=O)c1cc(N)cc2c1OCCC2. The molecule has 1 aromatic carbocycles. The molecule has 0 aliphatic carbocycles. The highest BCUT2D eigenvalue weighted by Gasteiger charge is 2.29. The maximum Gasteiger partial charge on any atom is 0.246 e. The summed E-state index contributed by atoms with van der Waals surface area (Å²) in [4.78, 5) is 0.221. The van der Waals surface area contributed by atoms with E-state index in [1.807, 2.05) is 19.9 Å². The highest BCUT2D eigenvalue weighted by Crippen LogP contribution is 2.36. The monoisotopic (exact) mass is 312 g/mol. The van der Waals surface area contributed by atoms with Gasteiger partial charge in [0, 0.05) is 18.8 Å². The first-order chi connectivity index (χ1) is 10.0. The second kappa shape index (κ2) is 6.66. The third-order valence-corrected chi connectivity index (χ3v) is 5.46. The average molecular weight is 312 g/mol. The second-order valence-electron chi connectivity index (χ2n) is 5.36. The third kappa shape index (κ3) is 3.32. The molecule has 0 unspecified atom stereocenters. The number of aryl methyl sites for hydroxylation is 1. The molecule has 21 heavy (non-hydrogen) atoms. The number of fused-ring (bicyclic) bond motifs is 1. The van der Waals surface area contributed by atoms with Crippen LogP contribution in [0.4, 0.5) is 5.69 Å². The number of nitrogens with two attached hydrogens (primary N) is 1. The summed E-state index contributed by atoms with van der Waals surface area (Å²) in [6.45, 7) is 5.54. The zero-order valence-corrected chi connectivity index (χ0v) is 13.6. The van der Waals surface area contributed by atoms with Crippen LogP contribution in [0.5, 0.6) is 5.75 Å². The Labute approximate surface area is 127 Å². The van der Waals surface area contributed by atoms with Crippen LogP contribution in [0, 0.1) is 0 Å². The Hall–Kier alpha value is -1.27. The molecule has 0 bridgehead atoms. The van der Waals surface area contributed by atoms with Gasteiger partial charge in [0.05, 0.1) is 6.61 Å². The Kier molecular flexibility index (Phi) is 5.11. The van der Waals surface area contributed by atoms with E-state index in [4.69, 9.17) is 10.5 Å². The summed E-state index contributed by atoms with van der Waals surface area (Å²) in [6.07, 6.45) is 3.27. The van der Waals surface area contributed by atoms with Gasteiger partial charge in [-0.25, -0.2) is 8.42 Å². The quantitative estimate of drug-likeness (QED) is 0.819. The fraction of sp³-hybridized carbons (Fsp3) is 0.600. The molecule has 1 aromatic rings. The van der Waals surface area contributed by atoms with Gasteiger partial charge < -0.3 is 10.5 Å². The van der Waals surface area contributed by atoms with E-state index in [0.29, 0.717) is 31.1 Å². The molecule has 0 aromatic heterocycles. The minimum atomic E-state index is -3.56. The lowest BCUT2D eigenvalue weighted by atomic mass is 10.1. The molecular formula is C15H24N2O3S. The summed E-state index contributed by atoms with van der Waals surface area (Å²) < 4.78 is 33.0. The number of hydrogen-bond donors (Lipinski definition) is 1. The van der Waals surface area contributed by atoms with Crippen LogP contribution in [0.25, 0.3) is 0 Å². The number of nitrogen functional groups attached to an aromatic ring is 1. The van der Waals surface area contributed by atoms with E-state index in [9.17, 15) is 8.42 Å². The van der Waals surface area contributed by atoms with Crippen LogP contribution in [0.15, 0.2) is 17.0 Å². The van der Waals surface area contributed by atoms with Gasteiger partial charge in [0.15, 0.2) is 0 Å². The minimum absolute atomic E-state index is 0.221. The minimum Gasteiger partial charge on any atom is -0.492 e. The topological polar surface area (TPSA) is 72.6 Å². The van der Waals surface area contributed by atoms with Crippen LogP contribution in [-0.2, 0) is 16.4 Å². The predicted octanol–water partition coefficient (Wildman–Crippen LogP) is 2.40. The van der Waals surface area contributed by atoms with Crippen molar-refractivity contribution in [2.45, 2.75) is 44.4 Å². The number of nitrogens with zero attached hydrogens (tertiary/aromatic N) is 1. The first-order valence-electron chi connectivity index (χ1n) is 7.56. The number of hydrogen-bond acceptors (Lipinski definition) is 4. The van der Waals surface area contributed by atoms with Gasteiger partial charge in [-0.1, -0.05) is 13.8 Å². The van der Waals surface area contributed by atoms with Crippen LogP contribution < -0.4 is 10.5 Å². The fourth-order valence-electron chi connectivity index (χ4n) is 2.65. The second-order valence-corrected chi connectivity index (χ2v) is 7.27. The summed E-state index contributed by atoms with van der Waals surface area (Å²) in [7, 11) is -3.56. The van der Waals surface area contributed by atoms with Crippen molar-refractivity contribution >= 4 is 15.7 Å². The van der Waals surface area contributed by atoms with Crippen LogP contribution in [-0.4, -0.2) is 32.4 Å². The molecular weight excluding hydrogens is 288 g/mol. The molecule has 1 aliphatic rings. The molecule has 0 saturated carbocycles.